The summed E-state index contributed by atoms with van der Waals surface area (Å²) >= 11 is 0. The second-order valence-electron chi connectivity index (χ2n) is 4.84. The Bertz CT molecular complexity index is 826. The van der Waals surface area contributed by atoms with Crippen LogP contribution in [0.3, 0.4) is 0 Å². The number of hydrogen-bond donors (Lipinski definition) is 2. The van der Waals surface area contributed by atoms with E-state index in [0.717, 1.165) is 5.56 Å². The van der Waals surface area contributed by atoms with Crippen molar-refractivity contribution in [3.05, 3.63) is 65.9 Å². The standard InChI is InChI=1S/C17H13NO5/c19-14-7-6-12(15-9-13(17(20)21)18-23-15)8-16(14)22-10-11-4-2-1-3-5-11/h1-9,19H,10H2,(H,20,21). The molecule has 0 bridgehead atoms. The van der Waals surface area contributed by atoms with Crippen molar-refractivity contribution >= 4 is 5.97 Å². The molecule has 23 heavy (non-hydrogen) atoms. The number of aromatic nitrogens is 1. The van der Waals surface area contributed by atoms with Gasteiger partial charge in [-0.1, -0.05) is 35.5 Å². The minimum atomic E-state index is -1.17. The SMILES string of the molecule is O=C(O)c1cc(-c2ccc(O)c(OCc3ccccc3)c2)on1. The van der Waals surface area contributed by atoms with Gasteiger partial charge in [-0.2, -0.15) is 0 Å². The molecular formula is C17H13NO5. The van der Waals surface area contributed by atoms with E-state index in [9.17, 15) is 9.90 Å². The van der Waals surface area contributed by atoms with E-state index in [-0.39, 0.29) is 23.0 Å². The molecule has 0 atom stereocenters. The Morgan fingerprint density at radius 1 is 1.13 bits per heavy atom. The first-order valence-corrected chi connectivity index (χ1v) is 6.83. The molecule has 0 radical (unpaired) electrons. The van der Waals surface area contributed by atoms with Gasteiger partial charge < -0.3 is 19.5 Å². The lowest BCUT2D eigenvalue weighted by Crippen LogP contribution is -1.95. The second kappa shape index (κ2) is 6.23. The third kappa shape index (κ3) is 3.32. The highest BCUT2D eigenvalue weighted by atomic mass is 16.5. The van der Waals surface area contributed by atoms with Crippen molar-refractivity contribution in [3.63, 3.8) is 0 Å². The highest BCUT2D eigenvalue weighted by Gasteiger charge is 2.14. The number of hydrogen-bond acceptors (Lipinski definition) is 5. The first-order valence-electron chi connectivity index (χ1n) is 6.83. The molecule has 2 N–H and O–H groups in total. The lowest BCUT2D eigenvalue weighted by atomic mass is 10.1. The number of carboxylic acids is 1. The summed E-state index contributed by atoms with van der Waals surface area (Å²) in [7, 11) is 0. The van der Waals surface area contributed by atoms with Gasteiger partial charge in [-0.25, -0.2) is 4.79 Å². The smallest absolute Gasteiger partial charge is 0.358 e. The fourth-order valence-corrected chi connectivity index (χ4v) is 2.03. The normalized spacial score (nSPS) is 10.4. The number of ether oxygens (including phenoxy) is 1. The number of benzene rings is 2. The van der Waals surface area contributed by atoms with Gasteiger partial charge in [0, 0.05) is 11.6 Å². The molecule has 116 valence electrons. The zero-order valence-electron chi connectivity index (χ0n) is 12.0. The van der Waals surface area contributed by atoms with Crippen LogP contribution < -0.4 is 4.74 Å². The molecule has 1 heterocycles. The molecule has 3 rings (SSSR count). The Morgan fingerprint density at radius 2 is 1.91 bits per heavy atom. The van der Waals surface area contributed by atoms with Gasteiger partial charge in [-0.3, -0.25) is 0 Å². The molecule has 2 aromatic carbocycles. The number of aromatic carboxylic acids is 1. The fraction of sp³-hybridized carbons (Fsp3) is 0.0588. The predicted octanol–water partition coefficient (Wildman–Crippen LogP) is 3.32. The van der Waals surface area contributed by atoms with Crippen molar-refractivity contribution in [2.24, 2.45) is 0 Å². The second-order valence-corrected chi connectivity index (χ2v) is 4.84. The maximum atomic E-state index is 10.8. The lowest BCUT2D eigenvalue weighted by molar-refractivity contribution is 0.0686. The zero-order chi connectivity index (χ0) is 16.2. The van der Waals surface area contributed by atoms with Crippen LogP contribution in [0.2, 0.25) is 0 Å². The quantitative estimate of drug-likeness (QED) is 0.751. The number of rotatable bonds is 5. The summed E-state index contributed by atoms with van der Waals surface area (Å²) in [6.07, 6.45) is 0. The van der Waals surface area contributed by atoms with Gasteiger partial charge in [0.25, 0.3) is 0 Å². The Hall–Kier alpha value is -3.28. The van der Waals surface area contributed by atoms with Crippen molar-refractivity contribution in [1.82, 2.24) is 5.16 Å². The maximum Gasteiger partial charge on any atom is 0.358 e. The molecule has 6 nitrogen and oxygen atoms in total. The van der Waals surface area contributed by atoms with Crippen LogP contribution in [0.25, 0.3) is 11.3 Å². The molecule has 0 aliphatic rings. The molecular weight excluding hydrogens is 298 g/mol. The van der Waals surface area contributed by atoms with E-state index in [1.54, 1.807) is 12.1 Å². The van der Waals surface area contributed by atoms with Gasteiger partial charge in [0.2, 0.25) is 0 Å². The average molecular weight is 311 g/mol. The summed E-state index contributed by atoms with van der Waals surface area (Å²) in [6, 6.07) is 15.5. The molecule has 0 spiro atoms. The summed E-state index contributed by atoms with van der Waals surface area (Å²) in [5, 5.41) is 22.2. The average Bonchev–Trinajstić information content (AvgIpc) is 3.05. The highest BCUT2D eigenvalue weighted by Crippen LogP contribution is 2.32. The Balaban J connectivity index is 1.82. The Morgan fingerprint density at radius 3 is 2.61 bits per heavy atom. The largest absolute Gasteiger partial charge is 0.504 e. The maximum absolute atomic E-state index is 10.8. The van der Waals surface area contributed by atoms with E-state index in [1.807, 2.05) is 30.3 Å². The minimum absolute atomic E-state index is 0.0114. The number of carboxylic acid groups (broad SMARTS) is 1. The minimum Gasteiger partial charge on any atom is -0.504 e. The van der Waals surface area contributed by atoms with E-state index in [2.05, 4.69) is 5.16 Å². The van der Waals surface area contributed by atoms with Gasteiger partial charge >= 0.3 is 5.97 Å². The first kappa shape index (κ1) is 14.6. The van der Waals surface area contributed by atoms with Gasteiger partial charge in [0.15, 0.2) is 23.0 Å². The highest BCUT2D eigenvalue weighted by molar-refractivity contribution is 5.86. The van der Waals surface area contributed by atoms with Crippen LogP contribution in [0.5, 0.6) is 11.5 Å². The molecule has 0 saturated carbocycles. The first-order chi connectivity index (χ1) is 11.1. The van der Waals surface area contributed by atoms with Crippen LogP contribution in [0.1, 0.15) is 16.1 Å². The molecule has 3 aromatic rings. The Kier molecular flexibility index (Phi) is 3.97. The third-order valence-corrected chi connectivity index (χ3v) is 3.21. The summed E-state index contributed by atoms with van der Waals surface area (Å²) in [5.74, 6) is -0.617. The van der Waals surface area contributed by atoms with E-state index < -0.39 is 5.97 Å². The van der Waals surface area contributed by atoms with Gasteiger partial charge in [0.1, 0.15) is 6.61 Å². The Labute approximate surface area is 131 Å². The van der Waals surface area contributed by atoms with Gasteiger partial charge in [-0.05, 0) is 23.8 Å². The van der Waals surface area contributed by atoms with Crippen molar-refractivity contribution in [1.29, 1.82) is 0 Å². The molecule has 0 aliphatic carbocycles. The van der Waals surface area contributed by atoms with Gasteiger partial charge in [-0.15, -0.1) is 0 Å². The molecule has 1 aromatic heterocycles. The monoisotopic (exact) mass is 311 g/mol. The van der Waals surface area contributed by atoms with Crippen molar-refractivity contribution < 1.29 is 24.3 Å². The van der Waals surface area contributed by atoms with E-state index in [0.29, 0.717) is 12.2 Å². The van der Waals surface area contributed by atoms with Crippen molar-refractivity contribution in [2.45, 2.75) is 6.61 Å². The number of carbonyl (C=O) groups is 1. The molecule has 6 heteroatoms. The number of nitrogens with zero attached hydrogens (tertiary/aromatic N) is 1. The number of phenols is 1. The van der Waals surface area contributed by atoms with Gasteiger partial charge in [0.05, 0.1) is 0 Å². The van der Waals surface area contributed by atoms with Crippen LogP contribution in [-0.2, 0) is 6.61 Å². The van der Waals surface area contributed by atoms with Crippen LogP contribution in [0, 0.1) is 0 Å². The van der Waals surface area contributed by atoms with E-state index in [4.69, 9.17) is 14.4 Å². The van der Waals surface area contributed by atoms with E-state index >= 15 is 0 Å². The lowest BCUT2D eigenvalue weighted by Gasteiger charge is -2.09. The fourth-order valence-electron chi connectivity index (χ4n) is 2.03. The van der Waals surface area contributed by atoms with Crippen molar-refractivity contribution in [3.8, 4) is 22.8 Å². The molecule has 0 fully saturated rings. The topological polar surface area (TPSA) is 92.8 Å². The molecule has 0 amide bonds. The van der Waals surface area contributed by atoms with E-state index in [1.165, 1.54) is 12.1 Å². The predicted molar refractivity (Wildman–Crippen MR) is 81.3 cm³/mol. The summed E-state index contributed by atoms with van der Waals surface area (Å²) in [5.41, 5.74) is 1.34. The van der Waals surface area contributed by atoms with Crippen molar-refractivity contribution in [2.75, 3.05) is 0 Å². The molecule has 0 aliphatic heterocycles. The van der Waals surface area contributed by atoms with Crippen LogP contribution in [-0.4, -0.2) is 21.3 Å². The van der Waals surface area contributed by atoms with Crippen LogP contribution >= 0.6 is 0 Å². The number of aromatic hydroxyl groups is 1. The number of phenolic OH excluding ortho intramolecular Hbond substituents is 1. The third-order valence-electron chi connectivity index (χ3n) is 3.21. The van der Waals surface area contributed by atoms with Crippen LogP contribution in [0.4, 0.5) is 0 Å². The molecule has 0 unspecified atom stereocenters. The summed E-state index contributed by atoms with van der Waals surface area (Å²) in [6.45, 7) is 0.300. The summed E-state index contributed by atoms with van der Waals surface area (Å²) in [4.78, 5) is 10.8. The molecule has 0 saturated heterocycles. The zero-order valence-corrected chi connectivity index (χ0v) is 12.0. The van der Waals surface area contributed by atoms with Crippen LogP contribution in [0.15, 0.2) is 59.1 Å². The summed E-state index contributed by atoms with van der Waals surface area (Å²) < 4.78 is 10.6.